The molecule has 11 heteroatoms. The molecule has 3 aromatic rings. The fourth-order valence-corrected chi connectivity index (χ4v) is 5.34. The van der Waals surface area contributed by atoms with Crippen LogP contribution in [-0.2, 0) is 9.84 Å². The van der Waals surface area contributed by atoms with Gasteiger partial charge in [-0.05, 0) is 42.5 Å². The van der Waals surface area contributed by atoms with E-state index < -0.39 is 38.6 Å². The Morgan fingerprint density at radius 1 is 1.18 bits per heavy atom. The zero-order valence-electron chi connectivity index (χ0n) is 17.5. The molecule has 2 unspecified atom stereocenters. The molecule has 2 aromatic heterocycles. The molecule has 0 bridgehead atoms. The summed E-state index contributed by atoms with van der Waals surface area (Å²) in [5.41, 5.74) is 6.64. The summed E-state index contributed by atoms with van der Waals surface area (Å²) in [6, 6.07) is 10.7. The summed E-state index contributed by atoms with van der Waals surface area (Å²) in [4.78, 5) is 24.8. The number of methoxy groups -OCH3 is 1. The predicted molar refractivity (Wildman–Crippen MR) is 120 cm³/mol. The number of nitrogens with two attached hydrogens (primary N) is 1. The minimum absolute atomic E-state index is 0.00138. The van der Waals surface area contributed by atoms with Crippen LogP contribution in [0.1, 0.15) is 33.0 Å². The SMILES string of the molecule is COc1ccc(C(=O)Nc2ccc(F)c(C3CS(=O)(=O)C(c4ccccn4)C(N)=N3)c2)nc1. The van der Waals surface area contributed by atoms with E-state index in [2.05, 4.69) is 20.3 Å². The van der Waals surface area contributed by atoms with E-state index in [4.69, 9.17) is 10.5 Å². The average molecular weight is 469 g/mol. The van der Waals surface area contributed by atoms with E-state index in [0.29, 0.717) is 5.75 Å². The number of amidine groups is 1. The van der Waals surface area contributed by atoms with E-state index in [9.17, 15) is 17.6 Å². The summed E-state index contributed by atoms with van der Waals surface area (Å²) in [5.74, 6) is -1.31. The second-order valence-electron chi connectivity index (χ2n) is 7.31. The molecule has 4 rings (SSSR count). The first kappa shape index (κ1) is 22.3. The number of nitrogens with one attached hydrogen (secondary N) is 1. The normalized spacial score (nSPS) is 19.4. The van der Waals surface area contributed by atoms with Crippen LogP contribution in [0.2, 0.25) is 0 Å². The van der Waals surface area contributed by atoms with Crippen LogP contribution in [0, 0.1) is 5.82 Å². The third-order valence-electron chi connectivity index (χ3n) is 5.10. The Morgan fingerprint density at radius 2 is 2.00 bits per heavy atom. The van der Waals surface area contributed by atoms with Gasteiger partial charge in [-0.25, -0.2) is 17.8 Å². The highest BCUT2D eigenvalue weighted by atomic mass is 32.2. The highest BCUT2D eigenvalue weighted by Crippen LogP contribution is 2.35. The summed E-state index contributed by atoms with van der Waals surface area (Å²) < 4.78 is 45.6. The van der Waals surface area contributed by atoms with Gasteiger partial charge in [-0.1, -0.05) is 6.07 Å². The topological polar surface area (TPSA) is 137 Å². The van der Waals surface area contributed by atoms with Crippen molar-refractivity contribution in [2.75, 3.05) is 18.2 Å². The lowest BCUT2D eigenvalue weighted by Crippen LogP contribution is -2.37. The lowest BCUT2D eigenvalue weighted by atomic mass is 10.1. The van der Waals surface area contributed by atoms with E-state index in [1.165, 1.54) is 37.7 Å². The number of hydrogen-bond donors (Lipinski definition) is 2. The van der Waals surface area contributed by atoms with Gasteiger partial charge in [0.05, 0.1) is 30.8 Å². The van der Waals surface area contributed by atoms with Crippen molar-refractivity contribution in [2.24, 2.45) is 10.7 Å². The van der Waals surface area contributed by atoms with Crippen molar-refractivity contribution >= 4 is 27.3 Å². The minimum atomic E-state index is -3.82. The first-order chi connectivity index (χ1) is 15.8. The van der Waals surface area contributed by atoms with Crippen molar-refractivity contribution in [2.45, 2.75) is 11.3 Å². The molecule has 0 saturated carbocycles. The number of benzene rings is 1. The zero-order valence-corrected chi connectivity index (χ0v) is 18.3. The van der Waals surface area contributed by atoms with Gasteiger partial charge >= 0.3 is 0 Å². The van der Waals surface area contributed by atoms with Gasteiger partial charge in [-0.3, -0.25) is 14.8 Å². The van der Waals surface area contributed by atoms with Crippen LogP contribution in [0.15, 0.2) is 65.9 Å². The van der Waals surface area contributed by atoms with Gasteiger partial charge in [0.25, 0.3) is 5.91 Å². The van der Waals surface area contributed by atoms with Crippen LogP contribution >= 0.6 is 0 Å². The van der Waals surface area contributed by atoms with Crippen LogP contribution in [0.5, 0.6) is 5.75 Å². The third-order valence-corrected chi connectivity index (χ3v) is 7.08. The first-order valence-electron chi connectivity index (χ1n) is 9.85. The molecule has 1 amide bonds. The Bertz CT molecular complexity index is 1310. The van der Waals surface area contributed by atoms with E-state index in [0.717, 1.165) is 6.07 Å². The molecule has 0 spiro atoms. The van der Waals surface area contributed by atoms with Crippen molar-refractivity contribution in [1.82, 2.24) is 9.97 Å². The number of anilines is 1. The Labute approximate surface area is 189 Å². The number of ether oxygens (including phenoxy) is 1. The molecule has 0 fully saturated rings. The number of carbonyl (C=O) groups is 1. The summed E-state index contributed by atoms with van der Waals surface area (Å²) >= 11 is 0. The second kappa shape index (κ2) is 8.94. The molecular weight excluding hydrogens is 449 g/mol. The van der Waals surface area contributed by atoms with Gasteiger partial charge in [0.15, 0.2) is 15.1 Å². The Balaban J connectivity index is 1.61. The lowest BCUT2D eigenvalue weighted by Gasteiger charge is -2.26. The molecule has 0 radical (unpaired) electrons. The molecule has 0 saturated heterocycles. The van der Waals surface area contributed by atoms with Gasteiger partial charge in [0.2, 0.25) is 0 Å². The number of hydrogen-bond acceptors (Lipinski definition) is 8. The Kier molecular flexibility index (Phi) is 6.05. The maximum absolute atomic E-state index is 14.6. The molecule has 3 heterocycles. The average Bonchev–Trinajstić information content (AvgIpc) is 2.80. The molecule has 1 aromatic carbocycles. The van der Waals surface area contributed by atoms with Crippen LogP contribution in [0.4, 0.5) is 10.1 Å². The molecular formula is C22H20FN5O4S. The number of pyridine rings is 2. The maximum Gasteiger partial charge on any atom is 0.274 e. The molecule has 170 valence electrons. The van der Waals surface area contributed by atoms with Crippen LogP contribution in [-0.4, -0.2) is 43.0 Å². The predicted octanol–water partition coefficient (Wildman–Crippen LogP) is 2.44. The molecule has 0 aliphatic carbocycles. The van der Waals surface area contributed by atoms with Crippen molar-refractivity contribution in [3.8, 4) is 5.75 Å². The quantitative estimate of drug-likeness (QED) is 0.586. The number of aliphatic imine (C=N–C) groups is 1. The highest BCUT2D eigenvalue weighted by Gasteiger charge is 2.39. The first-order valence-corrected chi connectivity index (χ1v) is 11.6. The fraction of sp³-hybridized carbons (Fsp3) is 0.182. The van der Waals surface area contributed by atoms with Crippen LogP contribution in [0.3, 0.4) is 0 Å². The number of amides is 1. The van der Waals surface area contributed by atoms with Gasteiger partial charge in [0.1, 0.15) is 23.1 Å². The zero-order chi connectivity index (χ0) is 23.6. The highest BCUT2D eigenvalue weighted by molar-refractivity contribution is 7.92. The molecule has 3 N–H and O–H groups in total. The van der Waals surface area contributed by atoms with Gasteiger partial charge in [-0.2, -0.15) is 0 Å². The number of rotatable bonds is 5. The molecule has 1 aliphatic heterocycles. The second-order valence-corrected chi connectivity index (χ2v) is 9.44. The lowest BCUT2D eigenvalue weighted by molar-refractivity contribution is 0.102. The maximum atomic E-state index is 14.6. The summed E-state index contributed by atoms with van der Waals surface area (Å²) in [6.45, 7) is 0. The Morgan fingerprint density at radius 3 is 2.64 bits per heavy atom. The third kappa shape index (κ3) is 4.67. The van der Waals surface area contributed by atoms with E-state index in [-0.39, 0.29) is 28.5 Å². The fourth-order valence-electron chi connectivity index (χ4n) is 3.52. The van der Waals surface area contributed by atoms with Crippen molar-refractivity contribution in [1.29, 1.82) is 0 Å². The van der Waals surface area contributed by atoms with Crippen molar-refractivity contribution < 1.29 is 22.3 Å². The number of carbonyl (C=O) groups excluding carboxylic acids is 1. The largest absolute Gasteiger partial charge is 0.495 e. The Hall–Kier alpha value is -3.86. The van der Waals surface area contributed by atoms with Crippen molar-refractivity contribution in [3.63, 3.8) is 0 Å². The van der Waals surface area contributed by atoms with Crippen molar-refractivity contribution in [3.05, 3.63) is 83.7 Å². The van der Waals surface area contributed by atoms with Crippen LogP contribution < -0.4 is 15.8 Å². The number of sulfone groups is 1. The molecule has 2 atom stereocenters. The number of aromatic nitrogens is 2. The minimum Gasteiger partial charge on any atom is -0.495 e. The number of halogens is 1. The molecule has 1 aliphatic rings. The monoisotopic (exact) mass is 469 g/mol. The van der Waals surface area contributed by atoms with E-state index in [1.807, 2.05) is 0 Å². The van der Waals surface area contributed by atoms with Gasteiger partial charge in [0, 0.05) is 17.4 Å². The van der Waals surface area contributed by atoms with Crippen LogP contribution in [0.25, 0.3) is 0 Å². The van der Waals surface area contributed by atoms with E-state index >= 15 is 0 Å². The summed E-state index contributed by atoms with van der Waals surface area (Å²) in [6.07, 6.45) is 2.86. The summed E-state index contributed by atoms with van der Waals surface area (Å²) in [5, 5.41) is 1.43. The standard InChI is InChI=1S/C22H20FN5O4S/c1-32-14-6-8-18(26-11-14)22(29)27-13-5-7-16(23)15(10-13)19-12-33(30,31)20(21(24)28-19)17-4-2-3-9-25-17/h2-11,19-20H,12H2,1H3,(H2,24,28)(H,27,29). The molecule has 33 heavy (non-hydrogen) atoms. The number of nitrogens with zero attached hydrogens (tertiary/aromatic N) is 3. The smallest absolute Gasteiger partial charge is 0.274 e. The van der Waals surface area contributed by atoms with E-state index in [1.54, 1.807) is 24.3 Å². The van der Waals surface area contributed by atoms with Gasteiger partial charge in [-0.15, -0.1) is 0 Å². The molecule has 9 nitrogen and oxygen atoms in total. The van der Waals surface area contributed by atoms with Gasteiger partial charge < -0.3 is 15.8 Å². The summed E-state index contributed by atoms with van der Waals surface area (Å²) in [7, 11) is -2.34.